The van der Waals surface area contributed by atoms with Crippen molar-refractivity contribution in [3.8, 4) is 0 Å². The Morgan fingerprint density at radius 2 is 2.33 bits per heavy atom. The van der Waals surface area contributed by atoms with Gasteiger partial charge in [-0.2, -0.15) is 0 Å². The Hall–Kier alpha value is -0.900. The Morgan fingerprint density at radius 3 is 3.00 bits per heavy atom. The number of hydrogen-bond acceptors (Lipinski definition) is 2. The molecule has 0 radical (unpaired) electrons. The zero-order valence-corrected chi connectivity index (χ0v) is 9.80. The van der Waals surface area contributed by atoms with Crippen molar-refractivity contribution >= 4 is 21.9 Å². The Balaban J connectivity index is 2.53. The van der Waals surface area contributed by atoms with E-state index in [-0.39, 0.29) is 6.42 Å². The number of alkyl halides is 1. The van der Waals surface area contributed by atoms with Crippen LogP contribution in [-0.2, 0) is 21.6 Å². The fourth-order valence-electron chi connectivity index (χ4n) is 1.99. The maximum atomic E-state index is 14.4. The predicted octanol–water partition coefficient (Wildman–Crippen LogP) is 2.73. The monoisotopic (exact) mass is 272 g/mol. The van der Waals surface area contributed by atoms with Gasteiger partial charge in [0.25, 0.3) is 0 Å². The van der Waals surface area contributed by atoms with Gasteiger partial charge in [-0.1, -0.05) is 28.1 Å². The third-order valence-electron chi connectivity index (χ3n) is 2.77. The van der Waals surface area contributed by atoms with E-state index in [9.17, 15) is 9.18 Å². The van der Waals surface area contributed by atoms with Gasteiger partial charge in [0.15, 0.2) is 0 Å². The van der Waals surface area contributed by atoms with E-state index in [4.69, 9.17) is 0 Å². The van der Waals surface area contributed by atoms with Crippen LogP contribution in [0.1, 0.15) is 17.5 Å². The summed E-state index contributed by atoms with van der Waals surface area (Å²) in [6, 6.07) is 5.22. The number of carbonyl (C=O) groups is 1. The highest BCUT2D eigenvalue weighted by Gasteiger charge is 2.47. The summed E-state index contributed by atoms with van der Waals surface area (Å²) in [6.07, 6.45) is 0.722. The zero-order valence-electron chi connectivity index (χ0n) is 8.22. The topological polar surface area (TPSA) is 26.3 Å². The maximum absolute atomic E-state index is 14.4. The molecular weight excluding hydrogens is 263 g/mol. The molecule has 0 heterocycles. The van der Waals surface area contributed by atoms with Crippen molar-refractivity contribution in [2.24, 2.45) is 0 Å². The number of rotatable bonds is 1. The first-order chi connectivity index (χ1) is 7.09. The number of carbonyl (C=O) groups excluding carboxylic acids is 1. The predicted molar refractivity (Wildman–Crippen MR) is 57.3 cm³/mol. The smallest absolute Gasteiger partial charge is 0.348 e. The zero-order chi connectivity index (χ0) is 11.1. The van der Waals surface area contributed by atoms with E-state index in [0.717, 1.165) is 10.0 Å². The SMILES string of the molecule is COC(=O)C1(F)CCc2c(Br)cccc21. The fourth-order valence-corrected chi connectivity index (χ4v) is 2.55. The van der Waals surface area contributed by atoms with E-state index in [0.29, 0.717) is 12.0 Å². The first kappa shape index (κ1) is 10.6. The molecule has 15 heavy (non-hydrogen) atoms. The van der Waals surface area contributed by atoms with Crippen molar-refractivity contribution < 1.29 is 13.9 Å². The number of methoxy groups -OCH3 is 1. The van der Waals surface area contributed by atoms with Crippen LogP contribution < -0.4 is 0 Å². The van der Waals surface area contributed by atoms with Gasteiger partial charge in [0.05, 0.1) is 7.11 Å². The molecule has 0 saturated carbocycles. The summed E-state index contributed by atoms with van der Waals surface area (Å²) in [5.41, 5.74) is -0.664. The molecule has 1 aliphatic carbocycles. The van der Waals surface area contributed by atoms with Crippen molar-refractivity contribution in [3.63, 3.8) is 0 Å². The van der Waals surface area contributed by atoms with Gasteiger partial charge in [-0.05, 0) is 18.1 Å². The van der Waals surface area contributed by atoms with Gasteiger partial charge in [0, 0.05) is 16.5 Å². The molecule has 0 N–H and O–H groups in total. The van der Waals surface area contributed by atoms with Crippen molar-refractivity contribution in [2.45, 2.75) is 18.5 Å². The van der Waals surface area contributed by atoms with Crippen molar-refractivity contribution in [3.05, 3.63) is 33.8 Å². The number of ether oxygens (including phenoxy) is 1. The summed E-state index contributed by atoms with van der Waals surface area (Å²) < 4.78 is 19.7. The van der Waals surface area contributed by atoms with E-state index in [1.54, 1.807) is 12.1 Å². The number of benzene rings is 1. The number of fused-ring (bicyclic) bond motifs is 1. The molecule has 1 aromatic rings. The van der Waals surface area contributed by atoms with E-state index in [2.05, 4.69) is 20.7 Å². The van der Waals surface area contributed by atoms with Crippen molar-refractivity contribution in [2.75, 3.05) is 7.11 Å². The average Bonchev–Trinajstić information content (AvgIpc) is 2.59. The largest absolute Gasteiger partial charge is 0.466 e. The summed E-state index contributed by atoms with van der Waals surface area (Å²) in [5.74, 6) is -0.806. The molecular formula is C11H10BrFO2. The number of halogens is 2. The van der Waals surface area contributed by atoms with E-state index >= 15 is 0 Å². The van der Waals surface area contributed by atoms with Gasteiger partial charge >= 0.3 is 5.97 Å². The van der Waals surface area contributed by atoms with Crippen LogP contribution in [0.2, 0.25) is 0 Å². The Kier molecular flexibility index (Phi) is 2.54. The van der Waals surface area contributed by atoms with Crippen LogP contribution in [0.4, 0.5) is 4.39 Å². The molecule has 0 bridgehead atoms. The lowest BCUT2D eigenvalue weighted by molar-refractivity contribution is -0.155. The quantitative estimate of drug-likeness (QED) is 0.735. The van der Waals surface area contributed by atoms with Crippen LogP contribution in [0, 0.1) is 0 Å². The fraction of sp³-hybridized carbons (Fsp3) is 0.364. The van der Waals surface area contributed by atoms with Crippen LogP contribution in [0.3, 0.4) is 0 Å². The molecule has 0 aliphatic heterocycles. The highest BCUT2D eigenvalue weighted by atomic mass is 79.9. The van der Waals surface area contributed by atoms with Gasteiger partial charge in [-0.15, -0.1) is 0 Å². The Labute approximate surface area is 95.6 Å². The minimum atomic E-state index is -1.96. The normalized spacial score (nSPS) is 23.7. The first-order valence-electron chi connectivity index (χ1n) is 4.65. The lowest BCUT2D eigenvalue weighted by Crippen LogP contribution is -2.29. The van der Waals surface area contributed by atoms with Crippen LogP contribution in [0.15, 0.2) is 22.7 Å². The molecule has 4 heteroatoms. The summed E-state index contributed by atoms with van der Waals surface area (Å²) in [7, 11) is 1.21. The van der Waals surface area contributed by atoms with Crippen molar-refractivity contribution in [1.29, 1.82) is 0 Å². The third-order valence-corrected chi connectivity index (χ3v) is 3.52. The number of hydrogen-bond donors (Lipinski definition) is 0. The second-order valence-corrected chi connectivity index (χ2v) is 4.41. The van der Waals surface area contributed by atoms with Gasteiger partial charge in [-0.3, -0.25) is 0 Å². The second kappa shape index (κ2) is 3.59. The highest BCUT2D eigenvalue weighted by Crippen LogP contribution is 2.43. The lowest BCUT2D eigenvalue weighted by atomic mass is 9.98. The molecule has 1 aliphatic rings. The minimum Gasteiger partial charge on any atom is -0.466 e. The summed E-state index contributed by atoms with van der Waals surface area (Å²) in [5, 5.41) is 0. The highest BCUT2D eigenvalue weighted by molar-refractivity contribution is 9.10. The molecule has 1 aromatic carbocycles. The van der Waals surface area contributed by atoms with Gasteiger partial charge in [0.1, 0.15) is 0 Å². The Morgan fingerprint density at radius 1 is 1.60 bits per heavy atom. The molecule has 0 saturated heterocycles. The van der Waals surface area contributed by atoms with Crippen LogP contribution in [0.5, 0.6) is 0 Å². The van der Waals surface area contributed by atoms with Crippen molar-refractivity contribution in [1.82, 2.24) is 0 Å². The van der Waals surface area contributed by atoms with E-state index < -0.39 is 11.6 Å². The summed E-state index contributed by atoms with van der Waals surface area (Å²) in [6.45, 7) is 0. The molecule has 1 atom stereocenters. The second-order valence-electron chi connectivity index (χ2n) is 3.56. The molecule has 0 amide bonds. The lowest BCUT2D eigenvalue weighted by Gasteiger charge is -2.17. The summed E-state index contributed by atoms with van der Waals surface area (Å²) >= 11 is 3.35. The standard InChI is InChI=1S/C11H10BrFO2/c1-15-10(14)11(13)6-5-7-8(11)3-2-4-9(7)12/h2-4H,5-6H2,1H3. The van der Waals surface area contributed by atoms with Gasteiger partial charge in [0.2, 0.25) is 5.67 Å². The molecule has 2 nitrogen and oxygen atoms in total. The van der Waals surface area contributed by atoms with E-state index in [1.165, 1.54) is 7.11 Å². The molecule has 1 unspecified atom stereocenters. The Bertz CT molecular complexity index is 419. The third kappa shape index (κ3) is 1.47. The average molecular weight is 273 g/mol. The molecule has 0 spiro atoms. The molecule has 80 valence electrons. The van der Waals surface area contributed by atoms with Gasteiger partial charge in [-0.25, -0.2) is 9.18 Å². The van der Waals surface area contributed by atoms with Gasteiger partial charge < -0.3 is 4.74 Å². The van der Waals surface area contributed by atoms with Crippen LogP contribution >= 0.6 is 15.9 Å². The first-order valence-corrected chi connectivity index (χ1v) is 5.44. The van der Waals surface area contributed by atoms with E-state index in [1.807, 2.05) is 6.07 Å². The number of esters is 1. The maximum Gasteiger partial charge on any atom is 0.348 e. The molecule has 0 aromatic heterocycles. The molecule has 2 rings (SSSR count). The molecule has 0 fully saturated rings. The minimum absolute atomic E-state index is 0.164. The van der Waals surface area contributed by atoms with Crippen LogP contribution in [-0.4, -0.2) is 13.1 Å². The van der Waals surface area contributed by atoms with Crippen LogP contribution in [0.25, 0.3) is 0 Å². The summed E-state index contributed by atoms with van der Waals surface area (Å²) in [4.78, 5) is 11.4.